The Kier molecular flexibility index (Phi) is 3.02. The molecule has 20 heavy (non-hydrogen) atoms. The fourth-order valence-corrected chi connectivity index (χ4v) is 2.21. The first-order valence-corrected chi connectivity index (χ1v) is 6.21. The third-order valence-electron chi connectivity index (χ3n) is 3.21. The lowest BCUT2D eigenvalue weighted by molar-refractivity contribution is 0.0829. The maximum atomic E-state index is 12.5. The molecule has 1 aliphatic heterocycles. The summed E-state index contributed by atoms with van der Waals surface area (Å²) in [4.78, 5) is 18.1. The van der Waals surface area contributed by atoms with Crippen molar-refractivity contribution in [2.24, 2.45) is 4.99 Å². The zero-order chi connectivity index (χ0) is 13.9. The summed E-state index contributed by atoms with van der Waals surface area (Å²) < 4.78 is 0. The van der Waals surface area contributed by atoms with Crippen molar-refractivity contribution >= 4 is 17.9 Å². The molecule has 0 spiro atoms. The molecule has 1 heterocycles. The summed E-state index contributed by atoms with van der Waals surface area (Å²) in [6.45, 7) is 0. The number of hydrogen-bond donors (Lipinski definition) is 0. The van der Waals surface area contributed by atoms with Crippen LogP contribution >= 0.6 is 0 Å². The van der Waals surface area contributed by atoms with Gasteiger partial charge in [0.2, 0.25) is 0 Å². The number of hydrogen-bond acceptors (Lipinski definition) is 3. The van der Waals surface area contributed by atoms with Crippen LogP contribution in [0.5, 0.6) is 0 Å². The lowest BCUT2D eigenvalue weighted by atomic mass is 10.0. The number of benzene rings is 2. The van der Waals surface area contributed by atoms with Crippen LogP contribution in [0.25, 0.3) is 0 Å². The largest absolute Gasteiger partial charge is 0.278 e. The third kappa shape index (κ3) is 1.95. The molecule has 1 unspecified atom stereocenters. The predicted molar refractivity (Wildman–Crippen MR) is 75.6 cm³/mol. The first kappa shape index (κ1) is 12.1. The van der Waals surface area contributed by atoms with Gasteiger partial charge < -0.3 is 0 Å². The predicted octanol–water partition coefficient (Wildman–Crippen LogP) is 3.07. The average Bonchev–Trinajstić information content (AvgIpc) is 2.54. The van der Waals surface area contributed by atoms with E-state index in [1.165, 1.54) is 11.2 Å². The molecule has 4 nitrogen and oxygen atoms in total. The van der Waals surface area contributed by atoms with Crippen molar-refractivity contribution in [2.75, 3.05) is 0 Å². The molecule has 0 saturated carbocycles. The van der Waals surface area contributed by atoms with Crippen molar-refractivity contribution in [2.45, 2.75) is 6.04 Å². The zero-order valence-corrected chi connectivity index (χ0v) is 10.6. The van der Waals surface area contributed by atoms with Crippen molar-refractivity contribution in [3.05, 3.63) is 65.7 Å². The molecule has 2 aromatic rings. The highest BCUT2D eigenvalue weighted by atomic mass is 16.2. The topological polar surface area (TPSA) is 56.5 Å². The van der Waals surface area contributed by atoms with Crippen LogP contribution in [0.15, 0.2) is 59.6 Å². The van der Waals surface area contributed by atoms with E-state index in [9.17, 15) is 10.1 Å². The summed E-state index contributed by atoms with van der Waals surface area (Å²) in [5.74, 6) is -0.226. The first-order valence-electron chi connectivity index (χ1n) is 6.21. The molecular weight excluding hydrogens is 250 g/mol. The number of carbonyl (C=O) groups is 1. The highest BCUT2D eigenvalue weighted by Crippen LogP contribution is 2.32. The number of rotatable bonds is 1. The second-order valence-corrected chi connectivity index (χ2v) is 4.41. The minimum Gasteiger partial charge on any atom is -0.278 e. The van der Waals surface area contributed by atoms with E-state index in [4.69, 9.17) is 0 Å². The Hall–Kier alpha value is -2.93. The van der Waals surface area contributed by atoms with E-state index in [1.807, 2.05) is 30.3 Å². The summed E-state index contributed by atoms with van der Waals surface area (Å²) in [7, 11) is 0. The lowest BCUT2D eigenvalue weighted by Crippen LogP contribution is -2.34. The molecule has 0 aromatic heterocycles. The maximum absolute atomic E-state index is 12.5. The highest BCUT2D eigenvalue weighted by molar-refractivity contribution is 6.02. The molecular formula is C16H11N3O. The maximum Gasteiger partial charge on any atom is 0.260 e. The van der Waals surface area contributed by atoms with Gasteiger partial charge in [0.25, 0.3) is 5.91 Å². The van der Waals surface area contributed by atoms with Crippen LogP contribution in [0.3, 0.4) is 0 Å². The first-order chi connectivity index (χ1) is 9.81. The molecule has 4 heteroatoms. The van der Waals surface area contributed by atoms with E-state index in [-0.39, 0.29) is 5.91 Å². The van der Waals surface area contributed by atoms with Crippen molar-refractivity contribution in [1.82, 2.24) is 4.90 Å². The minimum absolute atomic E-state index is 0.226. The van der Waals surface area contributed by atoms with Crippen LogP contribution in [0.2, 0.25) is 0 Å². The van der Waals surface area contributed by atoms with Crippen molar-refractivity contribution in [1.29, 1.82) is 5.26 Å². The van der Waals surface area contributed by atoms with Crippen LogP contribution in [0.1, 0.15) is 22.0 Å². The molecule has 0 saturated heterocycles. The van der Waals surface area contributed by atoms with Crippen LogP contribution < -0.4 is 0 Å². The summed E-state index contributed by atoms with van der Waals surface area (Å²) in [5, 5.41) is 9.40. The molecule has 1 amide bonds. The van der Waals surface area contributed by atoms with Crippen LogP contribution in [0.4, 0.5) is 5.69 Å². The van der Waals surface area contributed by atoms with Crippen LogP contribution in [-0.2, 0) is 0 Å². The Morgan fingerprint density at radius 2 is 1.80 bits per heavy atom. The van der Waals surface area contributed by atoms with Gasteiger partial charge in [-0.05, 0) is 18.2 Å². The molecule has 0 fully saturated rings. The molecule has 3 rings (SSSR count). The lowest BCUT2D eigenvalue weighted by Gasteiger charge is -2.27. The van der Waals surface area contributed by atoms with Gasteiger partial charge in [0.15, 0.2) is 6.04 Å². The Bertz CT molecular complexity index is 716. The molecule has 96 valence electrons. The summed E-state index contributed by atoms with van der Waals surface area (Å²) in [5.41, 5.74) is 2.02. The fraction of sp³-hybridized carbons (Fsp3) is 0.0625. The minimum atomic E-state index is -0.642. The smallest absolute Gasteiger partial charge is 0.260 e. The number of aliphatic imine (C=N–C) groups is 1. The Morgan fingerprint density at radius 3 is 2.55 bits per heavy atom. The van der Waals surface area contributed by atoms with Gasteiger partial charge in [-0.15, -0.1) is 0 Å². The molecule has 1 atom stereocenters. The van der Waals surface area contributed by atoms with Crippen molar-refractivity contribution < 1.29 is 4.79 Å². The number of nitriles is 1. The van der Waals surface area contributed by atoms with Gasteiger partial charge >= 0.3 is 0 Å². The van der Waals surface area contributed by atoms with Gasteiger partial charge in [0, 0.05) is 11.1 Å². The number of amides is 1. The molecule has 0 aliphatic carbocycles. The summed E-state index contributed by atoms with van der Waals surface area (Å²) >= 11 is 0. The Morgan fingerprint density at radius 1 is 1.10 bits per heavy atom. The molecule has 0 bridgehead atoms. The van der Waals surface area contributed by atoms with Gasteiger partial charge in [-0.3, -0.25) is 9.69 Å². The normalized spacial score (nSPS) is 16.4. The SMILES string of the molecule is N#CC1c2ccccc2N=CN1C(=O)c1ccccc1. The highest BCUT2D eigenvalue weighted by Gasteiger charge is 2.29. The standard InChI is InChI=1S/C16H11N3O/c17-10-15-13-8-4-5-9-14(13)18-11-19(15)16(20)12-6-2-1-3-7-12/h1-9,11,15H. The van der Waals surface area contributed by atoms with E-state index in [0.29, 0.717) is 5.56 Å². The number of fused-ring (bicyclic) bond motifs is 1. The van der Waals surface area contributed by atoms with E-state index in [1.54, 1.807) is 24.3 Å². The molecule has 0 N–H and O–H groups in total. The quantitative estimate of drug-likeness (QED) is 0.792. The van der Waals surface area contributed by atoms with Gasteiger partial charge in [-0.25, -0.2) is 4.99 Å². The molecule has 1 aliphatic rings. The van der Waals surface area contributed by atoms with E-state index < -0.39 is 6.04 Å². The van der Waals surface area contributed by atoms with Gasteiger partial charge in [0.05, 0.1) is 18.1 Å². The molecule has 2 aromatic carbocycles. The van der Waals surface area contributed by atoms with Crippen LogP contribution in [0, 0.1) is 11.3 Å². The number of nitrogens with zero attached hydrogens (tertiary/aromatic N) is 3. The average molecular weight is 261 g/mol. The van der Waals surface area contributed by atoms with Crippen molar-refractivity contribution in [3.63, 3.8) is 0 Å². The summed E-state index contributed by atoms with van der Waals surface area (Å²) in [6.07, 6.45) is 1.44. The fourth-order valence-electron chi connectivity index (χ4n) is 2.21. The van der Waals surface area contributed by atoms with Crippen molar-refractivity contribution in [3.8, 4) is 6.07 Å². The monoisotopic (exact) mass is 261 g/mol. The van der Waals surface area contributed by atoms with E-state index in [2.05, 4.69) is 11.1 Å². The third-order valence-corrected chi connectivity index (χ3v) is 3.21. The molecule has 0 radical (unpaired) electrons. The Labute approximate surface area is 116 Å². The van der Waals surface area contributed by atoms with Gasteiger partial charge in [-0.2, -0.15) is 5.26 Å². The van der Waals surface area contributed by atoms with Crippen LogP contribution in [-0.4, -0.2) is 17.1 Å². The van der Waals surface area contributed by atoms with E-state index in [0.717, 1.165) is 11.3 Å². The second-order valence-electron chi connectivity index (χ2n) is 4.41. The number of para-hydroxylation sites is 1. The second kappa shape index (κ2) is 4.98. The van der Waals surface area contributed by atoms with Gasteiger partial charge in [-0.1, -0.05) is 36.4 Å². The Balaban J connectivity index is 2.01. The van der Waals surface area contributed by atoms with Gasteiger partial charge in [0.1, 0.15) is 0 Å². The summed E-state index contributed by atoms with van der Waals surface area (Å²) in [6, 6.07) is 17.8. The van der Waals surface area contributed by atoms with E-state index >= 15 is 0 Å². The number of carbonyl (C=O) groups excluding carboxylic acids is 1. The zero-order valence-electron chi connectivity index (χ0n) is 10.6.